The number of nitrogens with zero attached hydrogens (tertiary/aromatic N) is 5. The lowest BCUT2D eigenvalue weighted by atomic mass is 10.0. The third kappa shape index (κ3) is 2.60. The molecule has 0 aliphatic carbocycles. The standard InChI is InChI=1S/C18H13N5/c1-2-4-14(5-3-1)15-6-7-17(23-9-8-19-13-23)16(10-15)18-21-11-20-12-22-18/h1-13H. The number of aromatic nitrogens is 5. The molecule has 2 aromatic heterocycles. The van der Waals surface area contributed by atoms with E-state index in [1.165, 1.54) is 12.7 Å². The minimum absolute atomic E-state index is 0.640. The van der Waals surface area contributed by atoms with E-state index in [-0.39, 0.29) is 0 Å². The molecular weight excluding hydrogens is 286 g/mol. The molecule has 2 aromatic carbocycles. The highest BCUT2D eigenvalue weighted by atomic mass is 15.0. The average molecular weight is 299 g/mol. The van der Waals surface area contributed by atoms with Gasteiger partial charge in [-0.05, 0) is 23.3 Å². The van der Waals surface area contributed by atoms with Gasteiger partial charge < -0.3 is 4.57 Å². The Bertz CT molecular complexity index is 903. The Labute approximate surface area is 133 Å². The lowest BCUT2D eigenvalue weighted by molar-refractivity contribution is 1.03. The first-order valence-electron chi connectivity index (χ1n) is 7.22. The summed E-state index contributed by atoms with van der Waals surface area (Å²) >= 11 is 0. The lowest BCUT2D eigenvalue weighted by Gasteiger charge is -2.11. The Kier molecular flexibility index (Phi) is 3.37. The molecular formula is C18H13N5. The van der Waals surface area contributed by atoms with Gasteiger partial charge in [0, 0.05) is 18.0 Å². The zero-order chi connectivity index (χ0) is 15.5. The minimum atomic E-state index is 0.640. The van der Waals surface area contributed by atoms with E-state index in [0.717, 1.165) is 22.4 Å². The SMILES string of the molecule is c1ccc(-c2ccc(-n3ccnc3)c(-c3ncncn3)c2)cc1. The van der Waals surface area contributed by atoms with Crippen LogP contribution in [0.5, 0.6) is 0 Å². The summed E-state index contributed by atoms with van der Waals surface area (Å²) in [6, 6.07) is 16.5. The summed E-state index contributed by atoms with van der Waals surface area (Å²) < 4.78 is 1.95. The minimum Gasteiger partial charge on any atom is -0.306 e. The van der Waals surface area contributed by atoms with Crippen molar-refractivity contribution in [3.63, 3.8) is 0 Å². The van der Waals surface area contributed by atoms with Crippen LogP contribution in [0.2, 0.25) is 0 Å². The molecule has 4 aromatic rings. The number of benzene rings is 2. The van der Waals surface area contributed by atoms with Crippen LogP contribution in [-0.4, -0.2) is 24.5 Å². The van der Waals surface area contributed by atoms with Crippen LogP contribution in [-0.2, 0) is 0 Å². The Balaban J connectivity index is 1.92. The van der Waals surface area contributed by atoms with Gasteiger partial charge in [0.2, 0.25) is 0 Å². The van der Waals surface area contributed by atoms with Crippen LogP contribution in [0.15, 0.2) is 79.9 Å². The van der Waals surface area contributed by atoms with Gasteiger partial charge >= 0.3 is 0 Å². The fraction of sp³-hybridized carbons (Fsp3) is 0. The van der Waals surface area contributed by atoms with Gasteiger partial charge in [-0.15, -0.1) is 0 Å². The number of hydrogen-bond acceptors (Lipinski definition) is 4. The van der Waals surface area contributed by atoms with Gasteiger partial charge in [0.25, 0.3) is 0 Å². The molecule has 0 aliphatic rings. The van der Waals surface area contributed by atoms with Gasteiger partial charge in [-0.2, -0.15) is 0 Å². The van der Waals surface area contributed by atoms with Crippen LogP contribution in [0, 0.1) is 0 Å². The maximum absolute atomic E-state index is 4.30. The number of rotatable bonds is 3. The van der Waals surface area contributed by atoms with Gasteiger partial charge in [0.05, 0.1) is 12.0 Å². The predicted molar refractivity (Wildman–Crippen MR) is 87.8 cm³/mol. The molecule has 0 aliphatic heterocycles. The second-order valence-electron chi connectivity index (χ2n) is 5.03. The first-order chi connectivity index (χ1) is 11.4. The summed E-state index contributed by atoms with van der Waals surface area (Å²) in [6.45, 7) is 0. The van der Waals surface area contributed by atoms with Crippen LogP contribution >= 0.6 is 0 Å². The lowest BCUT2D eigenvalue weighted by Crippen LogP contribution is -1.98. The highest BCUT2D eigenvalue weighted by molar-refractivity contribution is 5.76. The Morgan fingerprint density at radius 2 is 1.61 bits per heavy atom. The van der Waals surface area contributed by atoms with Crippen molar-refractivity contribution >= 4 is 0 Å². The molecule has 0 saturated heterocycles. The van der Waals surface area contributed by atoms with Crippen molar-refractivity contribution in [3.05, 3.63) is 79.9 Å². The van der Waals surface area contributed by atoms with Crippen molar-refractivity contribution < 1.29 is 0 Å². The van der Waals surface area contributed by atoms with E-state index in [1.54, 1.807) is 12.5 Å². The van der Waals surface area contributed by atoms with Crippen molar-refractivity contribution in [3.8, 4) is 28.2 Å². The predicted octanol–water partition coefficient (Wildman–Crippen LogP) is 3.39. The molecule has 0 unspecified atom stereocenters. The van der Waals surface area contributed by atoms with Gasteiger partial charge in [-0.3, -0.25) is 0 Å². The number of imidazole rings is 1. The van der Waals surface area contributed by atoms with E-state index in [4.69, 9.17) is 0 Å². The molecule has 23 heavy (non-hydrogen) atoms. The topological polar surface area (TPSA) is 56.5 Å². The monoisotopic (exact) mass is 299 g/mol. The molecule has 0 atom stereocenters. The molecule has 0 spiro atoms. The zero-order valence-electron chi connectivity index (χ0n) is 12.2. The second kappa shape index (κ2) is 5.81. The molecule has 0 bridgehead atoms. The maximum Gasteiger partial charge on any atom is 0.164 e. The molecule has 0 fully saturated rings. The smallest absolute Gasteiger partial charge is 0.164 e. The summed E-state index contributed by atoms with van der Waals surface area (Å²) in [5, 5.41) is 0. The zero-order valence-corrected chi connectivity index (χ0v) is 12.2. The fourth-order valence-corrected chi connectivity index (χ4v) is 2.53. The third-order valence-electron chi connectivity index (χ3n) is 3.62. The van der Waals surface area contributed by atoms with E-state index in [0.29, 0.717) is 5.82 Å². The van der Waals surface area contributed by atoms with E-state index in [1.807, 2.05) is 29.0 Å². The van der Waals surface area contributed by atoms with E-state index < -0.39 is 0 Å². The van der Waals surface area contributed by atoms with E-state index in [2.05, 4.69) is 50.3 Å². The first kappa shape index (κ1) is 13.3. The van der Waals surface area contributed by atoms with E-state index in [9.17, 15) is 0 Å². The Morgan fingerprint density at radius 1 is 0.783 bits per heavy atom. The van der Waals surface area contributed by atoms with Gasteiger partial charge in [0.1, 0.15) is 12.7 Å². The first-order valence-corrected chi connectivity index (χ1v) is 7.22. The molecule has 0 N–H and O–H groups in total. The van der Waals surface area contributed by atoms with Gasteiger partial charge in [0.15, 0.2) is 5.82 Å². The van der Waals surface area contributed by atoms with Crippen LogP contribution in [0.3, 0.4) is 0 Å². The maximum atomic E-state index is 4.30. The molecule has 4 rings (SSSR count). The van der Waals surface area contributed by atoms with Crippen molar-refractivity contribution in [2.45, 2.75) is 0 Å². The molecule has 2 heterocycles. The quantitative estimate of drug-likeness (QED) is 0.582. The Hall–Kier alpha value is -3.34. The third-order valence-corrected chi connectivity index (χ3v) is 3.62. The average Bonchev–Trinajstić information content (AvgIpc) is 3.17. The Morgan fingerprint density at radius 3 is 2.35 bits per heavy atom. The summed E-state index contributed by atoms with van der Waals surface area (Å²) in [4.78, 5) is 16.6. The van der Waals surface area contributed by atoms with Gasteiger partial charge in [-0.1, -0.05) is 36.4 Å². The fourth-order valence-electron chi connectivity index (χ4n) is 2.53. The largest absolute Gasteiger partial charge is 0.306 e. The highest BCUT2D eigenvalue weighted by Crippen LogP contribution is 2.29. The summed E-state index contributed by atoms with van der Waals surface area (Å²) in [6.07, 6.45) is 8.44. The van der Waals surface area contributed by atoms with Crippen molar-refractivity contribution in [2.75, 3.05) is 0 Å². The van der Waals surface area contributed by atoms with Crippen LogP contribution in [0.25, 0.3) is 28.2 Å². The second-order valence-corrected chi connectivity index (χ2v) is 5.03. The molecule has 0 amide bonds. The van der Waals surface area contributed by atoms with Crippen molar-refractivity contribution in [1.82, 2.24) is 24.5 Å². The summed E-state index contributed by atoms with van der Waals surface area (Å²) in [5.41, 5.74) is 4.19. The number of hydrogen-bond donors (Lipinski definition) is 0. The molecule has 0 saturated carbocycles. The van der Waals surface area contributed by atoms with Crippen LogP contribution in [0.1, 0.15) is 0 Å². The van der Waals surface area contributed by atoms with Crippen molar-refractivity contribution in [2.24, 2.45) is 0 Å². The van der Waals surface area contributed by atoms with Gasteiger partial charge in [-0.25, -0.2) is 19.9 Å². The molecule has 110 valence electrons. The van der Waals surface area contributed by atoms with Crippen LogP contribution < -0.4 is 0 Å². The summed E-state index contributed by atoms with van der Waals surface area (Å²) in [7, 11) is 0. The summed E-state index contributed by atoms with van der Waals surface area (Å²) in [5.74, 6) is 0.640. The van der Waals surface area contributed by atoms with Crippen molar-refractivity contribution in [1.29, 1.82) is 0 Å². The molecule has 0 radical (unpaired) electrons. The van der Waals surface area contributed by atoms with Crippen LogP contribution in [0.4, 0.5) is 0 Å². The normalized spacial score (nSPS) is 10.6. The molecule has 5 nitrogen and oxygen atoms in total. The highest BCUT2D eigenvalue weighted by Gasteiger charge is 2.11. The molecule has 5 heteroatoms. The van der Waals surface area contributed by atoms with E-state index >= 15 is 0 Å².